The van der Waals surface area contributed by atoms with Gasteiger partial charge >= 0.3 is 0 Å². The Hall–Kier alpha value is -1.01. The number of rotatable bonds is 3. The molecule has 0 unspecified atom stereocenters. The van der Waals surface area contributed by atoms with Gasteiger partial charge in [-0.15, -0.1) is 10.2 Å². The zero-order valence-corrected chi connectivity index (χ0v) is 11.2. The zero-order valence-electron chi connectivity index (χ0n) is 10.4. The molecular formula is C11H17N5S. The predicted octanol–water partition coefficient (Wildman–Crippen LogP) is 1.91. The van der Waals surface area contributed by atoms with Gasteiger partial charge in [-0.2, -0.15) is 9.61 Å². The molecular weight excluding hydrogens is 234 g/mol. The van der Waals surface area contributed by atoms with E-state index in [4.69, 9.17) is 0 Å². The highest BCUT2D eigenvalue weighted by molar-refractivity contribution is 7.16. The Morgan fingerprint density at radius 1 is 1.35 bits per heavy atom. The van der Waals surface area contributed by atoms with Crippen molar-refractivity contribution in [1.82, 2.24) is 25.1 Å². The Balaban J connectivity index is 2.04. The van der Waals surface area contributed by atoms with E-state index in [2.05, 4.69) is 34.5 Å². The highest BCUT2D eigenvalue weighted by Crippen LogP contribution is 2.36. The number of nitrogens with zero attached hydrogens (tertiary/aromatic N) is 4. The van der Waals surface area contributed by atoms with E-state index in [0.29, 0.717) is 5.92 Å². The largest absolute Gasteiger partial charge is 0.309 e. The zero-order chi connectivity index (χ0) is 12.0. The number of hydrogen-bond acceptors (Lipinski definition) is 5. The summed E-state index contributed by atoms with van der Waals surface area (Å²) >= 11 is 1.62. The second-order valence-electron chi connectivity index (χ2n) is 5.16. The van der Waals surface area contributed by atoms with Crippen molar-refractivity contribution in [3.05, 3.63) is 10.8 Å². The maximum absolute atomic E-state index is 4.67. The highest BCUT2D eigenvalue weighted by atomic mass is 32.1. The van der Waals surface area contributed by atoms with E-state index < -0.39 is 0 Å². The van der Waals surface area contributed by atoms with Crippen LogP contribution in [0.1, 0.15) is 49.9 Å². The smallest absolute Gasteiger partial charge is 0.234 e. The molecule has 1 fully saturated rings. The maximum Gasteiger partial charge on any atom is 0.234 e. The van der Waals surface area contributed by atoms with Gasteiger partial charge in [0, 0.05) is 5.92 Å². The Labute approximate surface area is 104 Å². The van der Waals surface area contributed by atoms with Crippen LogP contribution in [0.3, 0.4) is 0 Å². The second-order valence-corrected chi connectivity index (χ2v) is 6.12. The van der Waals surface area contributed by atoms with E-state index in [9.17, 15) is 0 Å². The molecule has 1 N–H and O–H groups in total. The first kappa shape index (κ1) is 11.1. The molecule has 17 heavy (non-hydrogen) atoms. The summed E-state index contributed by atoms with van der Waals surface area (Å²) < 4.78 is 1.93. The van der Waals surface area contributed by atoms with Crippen LogP contribution in [0.4, 0.5) is 0 Å². The lowest BCUT2D eigenvalue weighted by Crippen LogP contribution is -2.33. The fraction of sp³-hybridized carbons (Fsp3) is 0.727. The van der Waals surface area contributed by atoms with Crippen molar-refractivity contribution in [2.45, 2.75) is 44.6 Å². The molecule has 0 saturated heterocycles. The fourth-order valence-electron chi connectivity index (χ4n) is 1.91. The van der Waals surface area contributed by atoms with Gasteiger partial charge in [0.1, 0.15) is 5.01 Å². The van der Waals surface area contributed by atoms with E-state index in [1.165, 1.54) is 19.3 Å². The quantitative estimate of drug-likeness (QED) is 0.905. The minimum atomic E-state index is -0.109. The molecule has 1 aliphatic carbocycles. The summed E-state index contributed by atoms with van der Waals surface area (Å²) in [6, 6.07) is 0. The van der Waals surface area contributed by atoms with Crippen LogP contribution >= 0.6 is 11.3 Å². The van der Waals surface area contributed by atoms with E-state index in [-0.39, 0.29) is 5.54 Å². The van der Waals surface area contributed by atoms with Gasteiger partial charge in [0.15, 0.2) is 5.82 Å². The highest BCUT2D eigenvalue weighted by Gasteiger charge is 2.29. The van der Waals surface area contributed by atoms with Gasteiger partial charge in [-0.3, -0.25) is 0 Å². The third-order valence-electron chi connectivity index (χ3n) is 3.64. The molecule has 0 bridgehead atoms. The monoisotopic (exact) mass is 251 g/mol. The summed E-state index contributed by atoms with van der Waals surface area (Å²) in [6.07, 6.45) is 3.75. The van der Waals surface area contributed by atoms with Crippen molar-refractivity contribution in [3.8, 4) is 0 Å². The Morgan fingerprint density at radius 2 is 2.12 bits per heavy atom. The van der Waals surface area contributed by atoms with Gasteiger partial charge in [-0.25, -0.2) is 0 Å². The van der Waals surface area contributed by atoms with Crippen LogP contribution < -0.4 is 5.32 Å². The Kier molecular flexibility index (Phi) is 2.45. The van der Waals surface area contributed by atoms with E-state index in [1.807, 2.05) is 11.6 Å². The summed E-state index contributed by atoms with van der Waals surface area (Å²) in [7, 11) is 1.95. The SMILES string of the molecule is CNC(C)(C)c1nn2c(C3CCC3)nnc2s1. The van der Waals surface area contributed by atoms with Gasteiger partial charge in [-0.1, -0.05) is 17.8 Å². The Morgan fingerprint density at radius 3 is 2.71 bits per heavy atom. The second kappa shape index (κ2) is 3.74. The summed E-state index contributed by atoms with van der Waals surface area (Å²) in [5.74, 6) is 1.61. The van der Waals surface area contributed by atoms with Crippen molar-refractivity contribution < 1.29 is 0 Å². The van der Waals surface area contributed by atoms with Crippen molar-refractivity contribution in [2.75, 3.05) is 7.05 Å². The lowest BCUT2D eigenvalue weighted by molar-refractivity contribution is 0.391. The topological polar surface area (TPSA) is 55.1 Å². The molecule has 1 saturated carbocycles. The minimum Gasteiger partial charge on any atom is -0.309 e. The first-order chi connectivity index (χ1) is 8.12. The molecule has 2 aromatic rings. The molecule has 6 heteroatoms. The van der Waals surface area contributed by atoms with Crippen LogP contribution in [-0.2, 0) is 5.54 Å². The van der Waals surface area contributed by atoms with Gasteiger partial charge in [-0.05, 0) is 33.7 Å². The molecule has 0 spiro atoms. The Bertz CT molecular complexity index is 537. The number of hydrogen-bond donors (Lipinski definition) is 1. The summed E-state index contributed by atoms with van der Waals surface area (Å²) in [6.45, 7) is 4.25. The molecule has 0 amide bonds. The molecule has 92 valence electrons. The van der Waals surface area contributed by atoms with Crippen molar-refractivity contribution in [1.29, 1.82) is 0 Å². The molecule has 2 aromatic heterocycles. The molecule has 0 atom stereocenters. The molecule has 0 aromatic carbocycles. The van der Waals surface area contributed by atoms with Crippen molar-refractivity contribution in [2.24, 2.45) is 0 Å². The number of aromatic nitrogens is 4. The average molecular weight is 251 g/mol. The summed E-state index contributed by atoms with van der Waals surface area (Å²) in [5, 5.41) is 17.5. The van der Waals surface area contributed by atoms with Crippen molar-refractivity contribution >= 4 is 16.3 Å². The van der Waals surface area contributed by atoms with E-state index in [1.54, 1.807) is 11.3 Å². The lowest BCUT2D eigenvalue weighted by Gasteiger charge is -2.22. The molecule has 5 nitrogen and oxygen atoms in total. The predicted molar refractivity (Wildman–Crippen MR) is 67.3 cm³/mol. The minimum absolute atomic E-state index is 0.109. The van der Waals surface area contributed by atoms with Gasteiger partial charge in [0.05, 0.1) is 5.54 Å². The van der Waals surface area contributed by atoms with Crippen molar-refractivity contribution in [3.63, 3.8) is 0 Å². The van der Waals surface area contributed by atoms with Crippen LogP contribution in [0.15, 0.2) is 0 Å². The third kappa shape index (κ3) is 1.66. The summed E-state index contributed by atoms with van der Waals surface area (Å²) in [5.41, 5.74) is -0.109. The van der Waals surface area contributed by atoms with Crippen LogP contribution in [-0.4, -0.2) is 26.9 Å². The standard InChI is InChI=1S/C11H17N5S/c1-11(2,12-3)9-15-16-8(7-5-4-6-7)13-14-10(16)17-9/h7,12H,4-6H2,1-3H3. The van der Waals surface area contributed by atoms with E-state index in [0.717, 1.165) is 15.8 Å². The molecule has 0 aliphatic heterocycles. The molecule has 0 radical (unpaired) electrons. The normalized spacial score (nSPS) is 17.6. The number of fused-ring (bicyclic) bond motifs is 1. The average Bonchev–Trinajstić information content (AvgIpc) is 2.77. The fourth-order valence-corrected chi connectivity index (χ4v) is 2.87. The molecule has 3 rings (SSSR count). The van der Waals surface area contributed by atoms with Crippen LogP contribution in [0.25, 0.3) is 4.96 Å². The van der Waals surface area contributed by atoms with Gasteiger partial charge < -0.3 is 5.32 Å². The van der Waals surface area contributed by atoms with E-state index >= 15 is 0 Å². The maximum atomic E-state index is 4.67. The first-order valence-corrected chi connectivity index (χ1v) is 6.85. The first-order valence-electron chi connectivity index (χ1n) is 6.03. The molecule has 2 heterocycles. The van der Waals surface area contributed by atoms with Crippen LogP contribution in [0.5, 0.6) is 0 Å². The van der Waals surface area contributed by atoms with Crippen LogP contribution in [0, 0.1) is 0 Å². The van der Waals surface area contributed by atoms with Gasteiger partial charge in [0.2, 0.25) is 4.96 Å². The lowest BCUT2D eigenvalue weighted by atomic mass is 9.85. The third-order valence-corrected chi connectivity index (χ3v) is 4.87. The summed E-state index contributed by atoms with van der Waals surface area (Å²) in [4.78, 5) is 0.908. The number of nitrogens with one attached hydrogen (secondary N) is 1. The van der Waals surface area contributed by atoms with Gasteiger partial charge in [0.25, 0.3) is 0 Å². The molecule has 1 aliphatic rings. The van der Waals surface area contributed by atoms with Crippen LogP contribution in [0.2, 0.25) is 0 Å².